The molecule has 0 saturated heterocycles. The van der Waals surface area contributed by atoms with E-state index in [1.807, 2.05) is 41.3 Å². The van der Waals surface area contributed by atoms with Gasteiger partial charge in [0.05, 0.1) is 6.21 Å². The second kappa shape index (κ2) is 7.42. The maximum atomic E-state index is 12.2. The number of fused-ring (bicyclic) bond motifs is 1. The number of nitrogens with zero attached hydrogens (tertiary/aromatic N) is 2. The van der Waals surface area contributed by atoms with Gasteiger partial charge in [0.1, 0.15) is 0 Å². The summed E-state index contributed by atoms with van der Waals surface area (Å²) in [6.45, 7) is 1.34. The number of carbonyl (C=O) groups is 1. The van der Waals surface area contributed by atoms with Crippen molar-refractivity contribution in [1.29, 1.82) is 0 Å². The molecule has 3 rings (SSSR count). The van der Waals surface area contributed by atoms with Gasteiger partial charge < -0.3 is 9.74 Å². The summed E-state index contributed by atoms with van der Waals surface area (Å²) in [5.41, 5.74) is 3.44. The lowest BCUT2D eigenvalue weighted by atomic mass is 10.00. The molecule has 1 aliphatic rings. The smallest absolute Gasteiger partial charge is 0.263 e. The Morgan fingerprint density at radius 2 is 1.91 bits per heavy atom. The molecule has 4 nitrogen and oxygen atoms in total. The van der Waals surface area contributed by atoms with Gasteiger partial charge in [-0.25, -0.2) is 0 Å². The van der Waals surface area contributed by atoms with Crippen molar-refractivity contribution >= 4 is 28.1 Å². The summed E-state index contributed by atoms with van der Waals surface area (Å²) in [5.74, 6) is -0.0382. The summed E-state index contributed by atoms with van der Waals surface area (Å²) >= 11 is 3.43. The van der Waals surface area contributed by atoms with E-state index in [1.165, 1.54) is 11.1 Å². The minimum absolute atomic E-state index is 0.0382. The number of carbonyl (C=O) groups excluding carboxylic acids is 1. The van der Waals surface area contributed by atoms with Crippen LogP contribution in [0.3, 0.4) is 0 Å². The lowest BCUT2D eigenvalue weighted by Gasteiger charge is -2.28. The van der Waals surface area contributed by atoms with Crippen LogP contribution in [-0.2, 0) is 22.6 Å². The number of halogens is 1. The predicted octanol–water partition coefficient (Wildman–Crippen LogP) is 3.38. The van der Waals surface area contributed by atoms with Gasteiger partial charge in [-0.3, -0.25) is 4.79 Å². The van der Waals surface area contributed by atoms with E-state index in [9.17, 15) is 4.79 Å². The van der Waals surface area contributed by atoms with E-state index < -0.39 is 0 Å². The SMILES string of the molecule is O=C(CO/N=C\c1ccccc1Br)N1CCc2ccccc2C1. The average Bonchev–Trinajstić information content (AvgIpc) is 2.59. The molecule has 1 aliphatic heterocycles. The fourth-order valence-electron chi connectivity index (χ4n) is 2.57. The number of hydrogen-bond donors (Lipinski definition) is 0. The van der Waals surface area contributed by atoms with Crippen LogP contribution in [0.15, 0.2) is 58.2 Å². The van der Waals surface area contributed by atoms with Gasteiger partial charge in [-0.15, -0.1) is 0 Å². The molecule has 0 bridgehead atoms. The first-order valence-electron chi connectivity index (χ1n) is 7.48. The van der Waals surface area contributed by atoms with Crippen molar-refractivity contribution in [2.45, 2.75) is 13.0 Å². The lowest BCUT2D eigenvalue weighted by Crippen LogP contribution is -2.37. The van der Waals surface area contributed by atoms with Gasteiger partial charge in [-0.2, -0.15) is 0 Å². The highest BCUT2D eigenvalue weighted by Crippen LogP contribution is 2.18. The largest absolute Gasteiger partial charge is 0.386 e. The molecular formula is C18H17BrN2O2. The Morgan fingerprint density at radius 1 is 1.17 bits per heavy atom. The van der Waals surface area contributed by atoms with Crippen molar-refractivity contribution in [3.63, 3.8) is 0 Å². The zero-order valence-electron chi connectivity index (χ0n) is 12.6. The Kier molecular flexibility index (Phi) is 5.08. The van der Waals surface area contributed by atoms with Gasteiger partial charge >= 0.3 is 0 Å². The molecule has 1 amide bonds. The molecule has 0 atom stereocenters. The summed E-state index contributed by atoms with van der Waals surface area (Å²) in [4.78, 5) is 19.2. The molecule has 0 spiro atoms. The number of benzene rings is 2. The van der Waals surface area contributed by atoms with Gasteiger partial charge in [-0.1, -0.05) is 63.6 Å². The van der Waals surface area contributed by atoms with Crippen molar-refractivity contribution in [2.24, 2.45) is 5.16 Å². The van der Waals surface area contributed by atoms with Crippen LogP contribution in [-0.4, -0.2) is 30.2 Å². The molecule has 0 aliphatic carbocycles. The molecule has 0 fully saturated rings. The van der Waals surface area contributed by atoms with E-state index >= 15 is 0 Å². The average molecular weight is 373 g/mol. The highest BCUT2D eigenvalue weighted by atomic mass is 79.9. The Hall–Kier alpha value is -2.14. The van der Waals surface area contributed by atoms with Gasteiger partial charge in [0.2, 0.25) is 0 Å². The third-order valence-corrected chi connectivity index (χ3v) is 4.57. The molecule has 0 aromatic heterocycles. The monoisotopic (exact) mass is 372 g/mol. The van der Waals surface area contributed by atoms with Crippen LogP contribution in [0.25, 0.3) is 0 Å². The topological polar surface area (TPSA) is 41.9 Å². The van der Waals surface area contributed by atoms with E-state index in [4.69, 9.17) is 4.84 Å². The Bertz CT molecular complexity index is 730. The minimum Gasteiger partial charge on any atom is -0.386 e. The van der Waals surface area contributed by atoms with E-state index in [0.717, 1.165) is 23.0 Å². The molecule has 2 aromatic rings. The summed E-state index contributed by atoms with van der Waals surface area (Å²) < 4.78 is 0.936. The third-order valence-electron chi connectivity index (χ3n) is 3.84. The van der Waals surface area contributed by atoms with E-state index in [2.05, 4.69) is 33.2 Å². The highest BCUT2D eigenvalue weighted by Gasteiger charge is 2.20. The molecule has 0 N–H and O–H groups in total. The van der Waals surface area contributed by atoms with Crippen molar-refractivity contribution in [3.05, 3.63) is 69.7 Å². The van der Waals surface area contributed by atoms with Crippen LogP contribution in [0.1, 0.15) is 16.7 Å². The lowest BCUT2D eigenvalue weighted by molar-refractivity contribution is -0.137. The number of amides is 1. The summed E-state index contributed by atoms with van der Waals surface area (Å²) in [6.07, 6.45) is 2.49. The molecule has 23 heavy (non-hydrogen) atoms. The number of rotatable bonds is 4. The van der Waals surface area contributed by atoms with Crippen molar-refractivity contribution in [1.82, 2.24) is 4.90 Å². The van der Waals surface area contributed by atoms with Gasteiger partial charge in [0, 0.05) is 23.1 Å². The van der Waals surface area contributed by atoms with Crippen molar-refractivity contribution in [3.8, 4) is 0 Å². The van der Waals surface area contributed by atoms with Crippen LogP contribution < -0.4 is 0 Å². The minimum atomic E-state index is -0.0386. The summed E-state index contributed by atoms with van der Waals surface area (Å²) in [7, 11) is 0. The first-order valence-corrected chi connectivity index (χ1v) is 8.28. The molecule has 2 aromatic carbocycles. The van der Waals surface area contributed by atoms with Crippen LogP contribution in [0, 0.1) is 0 Å². The maximum Gasteiger partial charge on any atom is 0.263 e. The fourth-order valence-corrected chi connectivity index (χ4v) is 2.95. The first-order chi connectivity index (χ1) is 11.2. The second-order valence-electron chi connectivity index (χ2n) is 5.36. The van der Waals surface area contributed by atoms with Crippen LogP contribution in [0.2, 0.25) is 0 Å². The van der Waals surface area contributed by atoms with Crippen LogP contribution in [0.4, 0.5) is 0 Å². The zero-order chi connectivity index (χ0) is 16.1. The predicted molar refractivity (Wildman–Crippen MR) is 93.3 cm³/mol. The quantitative estimate of drug-likeness (QED) is 0.609. The van der Waals surface area contributed by atoms with Crippen LogP contribution >= 0.6 is 15.9 Å². The molecule has 118 valence electrons. The highest BCUT2D eigenvalue weighted by molar-refractivity contribution is 9.10. The normalized spacial score (nSPS) is 13.9. The third kappa shape index (κ3) is 3.99. The van der Waals surface area contributed by atoms with Gasteiger partial charge in [0.25, 0.3) is 5.91 Å². The molecule has 1 heterocycles. The fraction of sp³-hybridized carbons (Fsp3) is 0.222. The number of hydrogen-bond acceptors (Lipinski definition) is 3. The summed E-state index contributed by atoms with van der Waals surface area (Å²) in [6, 6.07) is 15.9. The molecule has 5 heteroatoms. The first kappa shape index (κ1) is 15.7. The maximum absolute atomic E-state index is 12.2. The second-order valence-corrected chi connectivity index (χ2v) is 6.22. The Morgan fingerprint density at radius 3 is 2.74 bits per heavy atom. The Labute approximate surface area is 143 Å². The zero-order valence-corrected chi connectivity index (χ0v) is 14.2. The van der Waals surface area contributed by atoms with E-state index in [-0.39, 0.29) is 12.5 Å². The summed E-state index contributed by atoms with van der Waals surface area (Å²) in [5, 5.41) is 3.88. The van der Waals surface area contributed by atoms with Gasteiger partial charge in [0.15, 0.2) is 6.61 Å². The van der Waals surface area contributed by atoms with Crippen molar-refractivity contribution < 1.29 is 9.63 Å². The van der Waals surface area contributed by atoms with Crippen molar-refractivity contribution in [2.75, 3.05) is 13.2 Å². The van der Waals surface area contributed by atoms with Crippen LogP contribution in [0.5, 0.6) is 0 Å². The van der Waals surface area contributed by atoms with Gasteiger partial charge in [-0.05, 0) is 23.6 Å². The number of oxime groups is 1. The molecule has 0 saturated carbocycles. The van der Waals surface area contributed by atoms with E-state index in [0.29, 0.717) is 6.54 Å². The standard InChI is InChI=1S/C18H17BrN2O2/c19-17-8-4-3-6-15(17)11-20-23-13-18(22)21-10-9-14-5-1-2-7-16(14)12-21/h1-8,11H,9-10,12-13H2/b20-11-. The molecule has 0 unspecified atom stereocenters. The Balaban J connectivity index is 1.52. The molecular weight excluding hydrogens is 356 g/mol. The molecule has 0 radical (unpaired) electrons. The van der Waals surface area contributed by atoms with E-state index in [1.54, 1.807) is 6.21 Å².